The molecule has 2 aromatic heterocycles. The second kappa shape index (κ2) is 5.36. The molecule has 6 heteroatoms. The molecule has 0 saturated carbocycles. The first kappa shape index (κ1) is 13.3. The molecule has 1 saturated heterocycles. The van der Waals surface area contributed by atoms with Gasteiger partial charge in [-0.25, -0.2) is 8.42 Å². The Morgan fingerprint density at radius 2 is 1.74 bits per heavy atom. The summed E-state index contributed by atoms with van der Waals surface area (Å²) in [5, 5.41) is 3.90. The third kappa shape index (κ3) is 2.63. The van der Waals surface area contributed by atoms with Gasteiger partial charge in [0.05, 0.1) is 0 Å². The molecule has 0 spiro atoms. The van der Waals surface area contributed by atoms with Crippen LogP contribution in [-0.2, 0) is 10.0 Å². The van der Waals surface area contributed by atoms with Crippen LogP contribution >= 0.6 is 22.7 Å². The van der Waals surface area contributed by atoms with E-state index in [0.29, 0.717) is 23.2 Å². The van der Waals surface area contributed by atoms with Gasteiger partial charge in [0.1, 0.15) is 4.21 Å². The topological polar surface area (TPSA) is 37.4 Å². The van der Waals surface area contributed by atoms with E-state index in [1.165, 1.54) is 16.2 Å². The van der Waals surface area contributed by atoms with Gasteiger partial charge in [0.25, 0.3) is 10.0 Å². The van der Waals surface area contributed by atoms with Crippen LogP contribution in [0.5, 0.6) is 0 Å². The van der Waals surface area contributed by atoms with Crippen molar-refractivity contribution in [2.75, 3.05) is 13.1 Å². The highest BCUT2D eigenvalue weighted by Gasteiger charge is 2.30. The quantitative estimate of drug-likeness (QED) is 0.871. The van der Waals surface area contributed by atoms with Gasteiger partial charge in [0.15, 0.2) is 0 Å². The van der Waals surface area contributed by atoms with Gasteiger partial charge in [-0.3, -0.25) is 0 Å². The van der Waals surface area contributed by atoms with Gasteiger partial charge in [-0.05, 0) is 41.7 Å². The summed E-state index contributed by atoms with van der Waals surface area (Å²) in [5.74, 6) is 0.523. The lowest BCUT2D eigenvalue weighted by atomic mass is 9.97. The van der Waals surface area contributed by atoms with Gasteiger partial charge >= 0.3 is 0 Å². The highest BCUT2D eigenvalue weighted by Crippen LogP contribution is 2.33. The SMILES string of the molecule is O=S(=O)(c1cccs1)N1CCC(c2cccs2)CC1. The van der Waals surface area contributed by atoms with Crippen molar-refractivity contribution in [3.63, 3.8) is 0 Å². The van der Waals surface area contributed by atoms with Gasteiger partial charge in [-0.1, -0.05) is 12.1 Å². The molecule has 2 aromatic rings. The van der Waals surface area contributed by atoms with Crippen LogP contribution in [-0.4, -0.2) is 25.8 Å². The Morgan fingerprint density at radius 1 is 1.05 bits per heavy atom. The average molecular weight is 313 g/mol. The van der Waals surface area contributed by atoms with E-state index in [1.54, 1.807) is 27.8 Å². The molecule has 1 aliphatic rings. The van der Waals surface area contributed by atoms with E-state index in [2.05, 4.69) is 17.5 Å². The summed E-state index contributed by atoms with van der Waals surface area (Å²) in [7, 11) is -3.26. The van der Waals surface area contributed by atoms with E-state index in [0.717, 1.165) is 12.8 Å². The molecule has 3 rings (SSSR count). The molecule has 3 nitrogen and oxygen atoms in total. The normalized spacial score (nSPS) is 18.7. The molecule has 0 bridgehead atoms. The van der Waals surface area contributed by atoms with E-state index < -0.39 is 10.0 Å². The number of thiophene rings is 2. The molecule has 0 atom stereocenters. The number of hydrogen-bond donors (Lipinski definition) is 0. The largest absolute Gasteiger partial charge is 0.252 e. The van der Waals surface area contributed by atoms with Crippen LogP contribution in [0.25, 0.3) is 0 Å². The Labute approximate surface area is 121 Å². The lowest BCUT2D eigenvalue weighted by Crippen LogP contribution is -2.37. The van der Waals surface area contributed by atoms with Crippen LogP contribution in [0.3, 0.4) is 0 Å². The van der Waals surface area contributed by atoms with Crippen molar-refractivity contribution in [3.8, 4) is 0 Å². The Bertz CT molecular complexity index is 609. The Kier molecular flexibility index (Phi) is 3.75. The standard InChI is InChI=1S/C13H15NO2S3/c15-19(16,13-4-2-10-18-13)14-7-5-11(6-8-14)12-3-1-9-17-12/h1-4,9-11H,5-8H2. The zero-order chi connectivity index (χ0) is 13.3. The minimum Gasteiger partial charge on any atom is -0.206 e. The molecule has 0 N–H and O–H groups in total. The van der Waals surface area contributed by atoms with E-state index in [9.17, 15) is 8.42 Å². The maximum absolute atomic E-state index is 12.4. The van der Waals surface area contributed by atoms with Gasteiger partial charge in [-0.15, -0.1) is 22.7 Å². The second-order valence-corrected chi connectivity index (χ2v) is 8.72. The lowest BCUT2D eigenvalue weighted by Gasteiger charge is -2.30. The van der Waals surface area contributed by atoms with Crippen LogP contribution in [0.15, 0.2) is 39.2 Å². The summed E-state index contributed by atoms with van der Waals surface area (Å²) in [5.41, 5.74) is 0. The third-order valence-electron chi connectivity index (χ3n) is 3.49. The van der Waals surface area contributed by atoms with Gasteiger partial charge in [0, 0.05) is 18.0 Å². The van der Waals surface area contributed by atoms with Crippen LogP contribution in [0.2, 0.25) is 0 Å². The molecule has 19 heavy (non-hydrogen) atoms. The van der Waals surface area contributed by atoms with Crippen molar-refractivity contribution in [1.82, 2.24) is 4.31 Å². The van der Waals surface area contributed by atoms with Crippen molar-refractivity contribution >= 4 is 32.7 Å². The number of sulfonamides is 1. The number of hydrogen-bond acceptors (Lipinski definition) is 4. The predicted octanol–water partition coefficient (Wildman–Crippen LogP) is 3.38. The van der Waals surface area contributed by atoms with E-state index in [4.69, 9.17) is 0 Å². The van der Waals surface area contributed by atoms with Crippen LogP contribution < -0.4 is 0 Å². The molecule has 0 aromatic carbocycles. The van der Waals surface area contributed by atoms with E-state index >= 15 is 0 Å². The van der Waals surface area contributed by atoms with Gasteiger partial charge in [-0.2, -0.15) is 4.31 Å². The molecule has 1 fully saturated rings. The number of nitrogens with zero attached hydrogens (tertiary/aromatic N) is 1. The molecule has 102 valence electrons. The summed E-state index contributed by atoms with van der Waals surface area (Å²) in [6.45, 7) is 1.26. The highest BCUT2D eigenvalue weighted by molar-refractivity contribution is 7.91. The number of rotatable bonds is 3. The van der Waals surface area contributed by atoms with Crippen LogP contribution in [0.4, 0.5) is 0 Å². The predicted molar refractivity (Wildman–Crippen MR) is 79.4 cm³/mol. The first-order valence-electron chi connectivity index (χ1n) is 6.25. The summed E-state index contributed by atoms with van der Waals surface area (Å²) < 4.78 is 26.8. The minimum atomic E-state index is -3.26. The smallest absolute Gasteiger partial charge is 0.206 e. The molecule has 3 heterocycles. The maximum atomic E-state index is 12.4. The Morgan fingerprint density at radius 3 is 2.32 bits per heavy atom. The third-order valence-corrected chi connectivity index (χ3v) is 7.80. The van der Waals surface area contributed by atoms with Gasteiger partial charge in [0.2, 0.25) is 0 Å². The molecule has 1 aliphatic heterocycles. The molecular weight excluding hydrogens is 298 g/mol. The molecule has 0 amide bonds. The van der Waals surface area contributed by atoms with Crippen LogP contribution in [0.1, 0.15) is 23.6 Å². The highest BCUT2D eigenvalue weighted by atomic mass is 32.2. The molecule has 0 unspecified atom stereocenters. The summed E-state index contributed by atoms with van der Waals surface area (Å²) in [6.07, 6.45) is 1.84. The van der Waals surface area contributed by atoms with E-state index in [1.807, 2.05) is 5.38 Å². The maximum Gasteiger partial charge on any atom is 0.252 e. The summed E-state index contributed by atoms with van der Waals surface area (Å²) >= 11 is 3.06. The molecule has 0 radical (unpaired) electrons. The fourth-order valence-corrected chi connectivity index (χ4v) is 5.96. The summed E-state index contributed by atoms with van der Waals surface area (Å²) in [4.78, 5) is 1.38. The van der Waals surface area contributed by atoms with Crippen molar-refractivity contribution in [3.05, 3.63) is 39.9 Å². The first-order chi connectivity index (χ1) is 9.18. The fraction of sp³-hybridized carbons (Fsp3) is 0.385. The zero-order valence-corrected chi connectivity index (χ0v) is 12.8. The van der Waals surface area contributed by atoms with E-state index in [-0.39, 0.29) is 0 Å². The fourth-order valence-electron chi connectivity index (χ4n) is 2.44. The zero-order valence-electron chi connectivity index (χ0n) is 10.4. The van der Waals surface area contributed by atoms with Crippen molar-refractivity contribution in [2.24, 2.45) is 0 Å². The van der Waals surface area contributed by atoms with Crippen LogP contribution in [0, 0.1) is 0 Å². The monoisotopic (exact) mass is 313 g/mol. The molecular formula is C13H15NO2S3. The Hall–Kier alpha value is -0.690. The first-order valence-corrected chi connectivity index (χ1v) is 9.45. The van der Waals surface area contributed by atoms with Crippen molar-refractivity contribution < 1.29 is 8.42 Å². The summed E-state index contributed by atoms with van der Waals surface area (Å²) in [6, 6.07) is 7.69. The van der Waals surface area contributed by atoms with Crippen molar-refractivity contribution in [1.29, 1.82) is 0 Å². The minimum absolute atomic E-state index is 0.460. The number of piperidine rings is 1. The van der Waals surface area contributed by atoms with Crippen molar-refractivity contribution in [2.45, 2.75) is 23.0 Å². The second-order valence-electron chi connectivity index (χ2n) is 4.63. The Balaban J connectivity index is 1.71. The average Bonchev–Trinajstić information content (AvgIpc) is 3.12. The lowest BCUT2D eigenvalue weighted by molar-refractivity contribution is 0.322. The molecule has 0 aliphatic carbocycles. The van der Waals surface area contributed by atoms with Gasteiger partial charge < -0.3 is 0 Å².